The molecule has 5 heteroatoms. The Balaban J connectivity index is 1.75. The molecule has 2 aromatic heterocycles. The average molecular weight is 253 g/mol. The van der Waals surface area contributed by atoms with Gasteiger partial charge in [0.1, 0.15) is 0 Å². The lowest BCUT2D eigenvalue weighted by molar-refractivity contribution is 1.04. The predicted molar refractivity (Wildman–Crippen MR) is 74.2 cm³/mol. The number of nitrogens with zero attached hydrogens (tertiary/aromatic N) is 3. The van der Waals surface area contributed by atoms with Crippen molar-refractivity contribution in [2.75, 3.05) is 5.32 Å². The van der Waals surface area contributed by atoms with Gasteiger partial charge in [-0.3, -0.25) is 0 Å². The highest BCUT2D eigenvalue weighted by Gasteiger charge is 2.01. The van der Waals surface area contributed by atoms with E-state index in [9.17, 15) is 0 Å². The van der Waals surface area contributed by atoms with Gasteiger partial charge in [0.15, 0.2) is 0 Å². The van der Waals surface area contributed by atoms with Crippen molar-refractivity contribution in [2.24, 2.45) is 0 Å². The van der Waals surface area contributed by atoms with Gasteiger partial charge in [0.25, 0.3) is 0 Å². The molecular formula is C14H15N5. The topological polar surface area (TPSA) is 58.5 Å². The van der Waals surface area contributed by atoms with Crippen LogP contribution in [0.15, 0.2) is 49.3 Å². The summed E-state index contributed by atoms with van der Waals surface area (Å²) >= 11 is 0. The smallest absolute Gasteiger partial charge is 0.0991 e. The van der Waals surface area contributed by atoms with E-state index >= 15 is 0 Å². The first-order valence-electron chi connectivity index (χ1n) is 6.14. The lowest BCUT2D eigenvalue weighted by atomic mass is 10.2. The Hall–Kier alpha value is -2.56. The molecular weight excluding hydrogens is 238 g/mol. The van der Waals surface area contributed by atoms with E-state index in [1.165, 1.54) is 0 Å². The number of aromatic amines is 1. The van der Waals surface area contributed by atoms with Crippen molar-refractivity contribution < 1.29 is 0 Å². The minimum atomic E-state index is 0.711. The third-order valence-electron chi connectivity index (χ3n) is 3.04. The molecule has 3 aromatic rings. The Bertz CT molecular complexity index is 654. The van der Waals surface area contributed by atoms with Gasteiger partial charge in [-0.05, 0) is 25.1 Å². The number of anilines is 1. The number of rotatable bonds is 4. The molecule has 0 fully saturated rings. The van der Waals surface area contributed by atoms with Crippen molar-refractivity contribution in [2.45, 2.75) is 13.5 Å². The molecule has 0 aliphatic carbocycles. The molecule has 0 saturated carbocycles. The van der Waals surface area contributed by atoms with Gasteiger partial charge in [-0.15, -0.1) is 0 Å². The number of benzene rings is 1. The summed E-state index contributed by atoms with van der Waals surface area (Å²) in [6.45, 7) is 2.73. The van der Waals surface area contributed by atoms with Crippen LogP contribution in [0.5, 0.6) is 0 Å². The van der Waals surface area contributed by atoms with E-state index in [-0.39, 0.29) is 0 Å². The van der Waals surface area contributed by atoms with E-state index in [4.69, 9.17) is 0 Å². The second-order valence-electron chi connectivity index (χ2n) is 4.35. The van der Waals surface area contributed by atoms with E-state index in [2.05, 4.69) is 26.3 Å². The van der Waals surface area contributed by atoms with E-state index < -0.39 is 0 Å². The van der Waals surface area contributed by atoms with Gasteiger partial charge in [-0.2, -0.15) is 0 Å². The third-order valence-corrected chi connectivity index (χ3v) is 3.04. The number of H-pyrrole nitrogens is 1. The minimum absolute atomic E-state index is 0.711. The third kappa shape index (κ3) is 2.49. The van der Waals surface area contributed by atoms with Crippen LogP contribution in [0.2, 0.25) is 0 Å². The fourth-order valence-electron chi connectivity index (χ4n) is 1.94. The second-order valence-corrected chi connectivity index (χ2v) is 4.35. The van der Waals surface area contributed by atoms with Crippen LogP contribution in [0.3, 0.4) is 0 Å². The molecule has 0 aliphatic heterocycles. The zero-order valence-corrected chi connectivity index (χ0v) is 10.7. The first-order chi connectivity index (χ1) is 9.33. The van der Waals surface area contributed by atoms with Crippen molar-refractivity contribution in [1.29, 1.82) is 0 Å². The number of hydrogen-bond donors (Lipinski definition) is 2. The summed E-state index contributed by atoms with van der Waals surface area (Å²) in [5, 5.41) is 3.37. The Morgan fingerprint density at radius 3 is 3.05 bits per heavy atom. The van der Waals surface area contributed by atoms with Gasteiger partial charge >= 0.3 is 0 Å². The number of hydrogen-bond acceptors (Lipinski definition) is 3. The molecule has 5 nitrogen and oxygen atoms in total. The van der Waals surface area contributed by atoms with Crippen LogP contribution in [0, 0.1) is 6.92 Å². The number of nitrogens with one attached hydrogen (secondary N) is 2. The maximum absolute atomic E-state index is 4.27. The molecule has 0 radical (unpaired) electrons. The van der Waals surface area contributed by atoms with Crippen LogP contribution >= 0.6 is 0 Å². The van der Waals surface area contributed by atoms with E-state index in [1.807, 2.05) is 35.9 Å². The lowest BCUT2D eigenvalue weighted by Crippen LogP contribution is -2.02. The Morgan fingerprint density at radius 2 is 2.32 bits per heavy atom. The van der Waals surface area contributed by atoms with Gasteiger partial charge in [0.05, 0.1) is 24.9 Å². The van der Waals surface area contributed by atoms with Crippen LogP contribution in [-0.2, 0) is 6.54 Å². The monoisotopic (exact) mass is 253 g/mol. The Labute approximate surface area is 111 Å². The highest BCUT2D eigenvalue weighted by Crippen LogP contribution is 2.15. The van der Waals surface area contributed by atoms with Gasteiger partial charge in [0.2, 0.25) is 0 Å². The molecule has 2 heterocycles. The fourth-order valence-corrected chi connectivity index (χ4v) is 1.94. The Kier molecular flexibility index (Phi) is 3.02. The predicted octanol–water partition coefficient (Wildman–Crippen LogP) is 2.52. The quantitative estimate of drug-likeness (QED) is 0.751. The summed E-state index contributed by atoms with van der Waals surface area (Å²) in [5.41, 5.74) is 4.28. The van der Waals surface area contributed by atoms with Crippen LogP contribution in [-0.4, -0.2) is 19.5 Å². The fraction of sp³-hybridized carbons (Fsp3) is 0.143. The molecule has 0 atom stereocenters. The molecule has 2 N–H and O–H groups in total. The average Bonchev–Trinajstić information content (AvgIpc) is 3.08. The normalized spacial score (nSPS) is 10.6. The highest BCUT2D eigenvalue weighted by molar-refractivity contribution is 5.51. The largest absolute Gasteiger partial charge is 0.379 e. The van der Waals surface area contributed by atoms with Crippen molar-refractivity contribution in [3.8, 4) is 5.69 Å². The first-order valence-corrected chi connectivity index (χ1v) is 6.14. The van der Waals surface area contributed by atoms with Crippen LogP contribution in [0.4, 0.5) is 5.69 Å². The molecule has 1 aromatic carbocycles. The van der Waals surface area contributed by atoms with Gasteiger partial charge in [-0.25, -0.2) is 9.97 Å². The number of aromatic nitrogens is 4. The van der Waals surface area contributed by atoms with E-state index in [1.54, 1.807) is 18.9 Å². The molecule has 0 aliphatic rings. The van der Waals surface area contributed by atoms with Crippen LogP contribution in [0.25, 0.3) is 5.69 Å². The standard InChI is InChI=1S/C14H15N5/c1-11-14(18-9-17-11)8-16-12-3-2-4-13(7-12)19-6-5-15-10-19/h2-7,9-10,16H,8H2,1H3,(H,17,18). The Morgan fingerprint density at radius 1 is 1.37 bits per heavy atom. The maximum atomic E-state index is 4.27. The molecule has 0 unspecified atom stereocenters. The second kappa shape index (κ2) is 4.97. The van der Waals surface area contributed by atoms with E-state index in [0.29, 0.717) is 6.54 Å². The molecule has 96 valence electrons. The highest BCUT2D eigenvalue weighted by atomic mass is 15.0. The van der Waals surface area contributed by atoms with E-state index in [0.717, 1.165) is 22.8 Å². The number of aryl methyl sites for hydroxylation is 1. The maximum Gasteiger partial charge on any atom is 0.0991 e. The SMILES string of the molecule is Cc1[nH]cnc1CNc1cccc(-n2ccnc2)c1. The summed E-state index contributed by atoms with van der Waals surface area (Å²) < 4.78 is 1.98. The molecule has 3 rings (SSSR count). The van der Waals surface area contributed by atoms with Crippen LogP contribution in [0.1, 0.15) is 11.4 Å². The number of imidazole rings is 2. The molecule has 0 amide bonds. The van der Waals surface area contributed by atoms with Crippen molar-refractivity contribution >= 4 is 5.69 Å². The van der Waals surface area contributed by atoms with Crippen molar-refractivity contribution in [3.63, 3.8) is 0 Å². The van der Waals surface area contributed by atoms with Gasteiger partial charge in [-0.1, -0.05) is 6.07 Å². The lowest BCUT2D eigenvalue weighted by Gasteiger charge is -2.08. The van der Waals surface area contributed by atoms with Crippen LogP contribution < -0.4 is 5.32 Å². The van der Waals surface area contributed by atoms with Gasteiger partial charge < -0.3 is 14.9 Å². The van der Waals surface area contributed by atoms with Crippen molar-refractivity contribution in [3.05, 3.63) is 60.7 Å². The molecule has 0 spiro atoms. The zero-order chi connectivity index (χ0) is 13.1. The van der Waals surface area contributed by atoms with Crippen molar-refractivity contribution in [1.82, 2.24) is 19.5 Å². The van der Waals surface area contributed by atoms with Gasteiger partial charge in [0, 0.05) is 29.5 Å². The summed E-state index contributed by atoms with van der Waals surface area (Å²) in [6, 6.07) is 8.20. The molecule has 19 heavy (non-hydrogen) atoms. The minimum Gasteiger partial charge on any atom is -0.379 e. The summed E-state index contributed by atoms with van der Waals surface area (Å²) in [4.78, 5) is 11.4. The molecule has 0 bridgehead atoms. The first kappa shape index (κ1) is 11.5. The summed E-state index contributed by atoms with van der Waals surface area (Å²) in [7, 11) is 0. The summed E-state index contributed by atoms with van der Waals surface area (Å²) in [6.07, 6.45) is 7.20. The summed E-state index contributed by atoms with van der Waals surface area (Å²) in [5.74, 6) is 0. The zero-order valence-electron chi connectivity index (χ0n) is 10.7. The molecule has 0 saturated heterocycles.